The van der Waals surface area contributed by atoms with Crippen LogP contribution in [0.15, 0.2) is 12.2 Å². The van der Waals surface area contributed by atoms with E-state index in [-0.39, 0.29) is 6.54 Å². The number of primary amides is 1. The standard InChI is InChI=1S/C10H14N2O4/c11-8(13)5-12-9(14)6-3-1-2-4-7(6)10(15)16/h1-2,6-7H,3-5H2,(H2,11,13)(H,12,14)(H,15,16). The van der Waals surface area contributed by atoms with Gasteiger partial charge in [0.15, 0.2) is 0 Å². The Kier molecular flexibility index (Phi) is 4.04. The zero-order valence-electron chi connectivity index (χ0n) is 8.68. The van der Waals surface area contributed by atoms with Crippen molar-refractivity contribution in [2.45, 2.75) is 12.8 Å². The van der Waals surface area contributed by atoms with Gasteiger partial charge in [0.25, 0.3) is 0 Å². The van der Waals surface area contributed by atoms with Gasteiger partial charge >= 0.3 is 5.97 Å². The van der Waals surface area contributed by atoms with Crippen molar-refractivity contribution in [1.29, 1.82) is 0 Å². The van der Waals surface area contributed by atoms with E-state index in [1.807, 2.05) is 0 Å². The smallest absolute Gasteiger partial charge is 0.307 e. The van der Waals surface area contributed by atoms with Crippen LogP contribution < -0.4 is 11.1 Å². The number of amides is 2. The van der Waals surface area contributed by atoms with Crippen molar-refractivity contribution < 1.29 is 19.5 Å². The summed E-state index contributed by atoms with van der Waals surface area (Å²) in [6.45, 7) is -0.259. The van der Waals surface area contributed by atoms with E-state index in [0.29, 0.717) is 12.8 Å². The Morgan fingerprint density at radius 1 is 1.25 bits per heavy atom. The highest BCUT2D eigenvalue weighted by atomic mass is 16.4. The van der Waals surface area contributed by atoms with Gasteiger partial charge in [0.1, 0.15) is 0 Å². The lowest BCUT2D eigenvalue weighted by atomic mass is 9.82. The SMILES string of the molecule is NC(=O)CNC(=O)C1CC=CCC1C(=O)O. The normalized spacial score (nSPS) is 23.8. The van der Waals surface area contributed by atoms with E-state index < -0.39 is 29.6 Å². The fourth-order valence-electron chi connectivity index (χ4n) is 1.68. The highest BCUT2D eigenvalue weighted by molar-refractivity contribution is 5.88. The molecule has 0 saturated heterocycles. The molecular formula is C10H14N2O4. The molecule has 16 heavy (non-hydrogen) atoms. The molecule has 0 spiro atoms. The Bertz CT molecular complexity index is 338. The van der Waals surface area contributed by atoms with Gasteiger partial charge in [-0.15, -0.1) is 0 Å². The van der Waals surface area contributed by atoms with E-state index in [1.54, 1.807) is 12.2 Å². The average Bonchev–Trinajstić information content (AvgIpc) is 2.25. The molecule has 6 nitrogen and oxygen atoms in total. The van der Waals surface area contributed by atoms with E-state index >= 15 is 0 Å². The number of carboxylic acids is 1. The molecule has 1 aliphatic carbocycles. The molecule has 2 atom stereocenters. The van der Waals surface area contributed by atoms with E-state index in [4.69, 9.17) is 10.8 Å². The number of nitrogens with one attached hydrogen (secondary N) is 1. The van der Waals surface area contributed by atoms with Crippen molar-refractivity contribution in [1.82, 2.24) is 5.32 Å². The van der Waals surface area contributed by atoms with Crippen LogP contribution >= 0.6 is 0 Å². The Labute approximate surface area is 92.5 Å². The number of allylic oxidation sites excluding steroid dienone is 2. The number of carbonyl (C=O) groups excluding carboxylic acids is 2. The largest absolute Gasteiger partial charge is 0.481 e. The minimum Gasteiger partial charge on any atom is -0.481 e. The van der Waals surface area contributed by atoms with Gasteiger partial charge < -0.3 is 16.2 Å². The summed E-state index contributed by atoms with van der Waals surface area (Å²) in [6.07, 6.45) is 4.23. The Morgan fingerprint density at radius 3 is 2.31 bits per heavy atom. The van der Waals surface area contributed by atoms with Gasteiger partial charge in [-0.3, -0.25) is 14.4 Å². The summed E-state index contributed by atoms with van der Waals surface area (Å²) >= 11 is 0. The molecule has 0 aliphatic heterocycles. The number of carbonyl (C=O) groups is 3. The van der Waals surface area contributed by atoms with Gasteiger partial charge in [-0.25, -0.2) is 0 Å². The van der Waals surface area contributed by atoms with Gasteiger partial charge in [0.05, 0.1) is 18.4 Å². The third kappa shape index (κ3) is 3.08. The number of aliphatic carboxylic acids is 1. The number of hydrogen-bond acceptors (Lipinski definition) is 3. The summed E-state index contributed by atoms with van der Waals surface area (Å²) in [5.74, 6) is -3.43. The quantitative estimate of drug-likeness (QED) is 0.548. The average molecular weight is 226 g/mol. The van der Waals surface area contributed by atoms with Crippen molar-refractivity contribution >= 4 is 17.8 Å². The molecule has 0 aromatic carbocycles. The molecule has 1 rings (SSSR count). The van der Waals surface area contributed by atoms with E-state index in [0.717, 1.165) is 0 Å². The molecule has 0 radical (unpaired) electrons. The zero-order valence-corrected chi connectivity index (χ0v) is 8.68. The summed E-state index contributed by atoms with van der Waals surface area (Å²) in [4.78, 5) is 33.0. The van der Waals surface area contributed by atoms with Crippen LogP contribution in [0.1, 0.15) is 12.8 Å². The lowest BCUT2D eigenvalue weighted by Crippen LogP contribution is -2.42. The number of carboxylic acid groups (broad SMARTS) is 1. The maximum absolute atomic E-state index is 11.6. The van der Waals surface area contributed by atoms with Crippen molar-refractivity contribution in [3.8, 4) is 0 Å². The predicted molar refractivity (Wildman–Crippen MR) is 55.2 cm³/mol. The maximum atomic E-state index is 11.6. The molecule has 0 aromatic rings. The molecule has 0 heterocycles. The minimum atomic E-state index is -0.997. The Balaban J connectivity index is 2.62. The Morgan fingerprint density at radius 2 is 1.81 bits per heavy atom. The van der Waals surface area contributed by atoms with Crippen molar-refractivity contribution in [2.75, 3.05) is 6.54 Å². The molecule has 4 N–H and O–H groups in total. The van der Waals surface area contributed by atoms with Gasteiger partial charge in [-0.1, -0.05) is 12.2 Å². The van der Waals surface area contributed by atoms with E-state index in [9.17, 15) is 14.4 Å². The molecule has 2 unspecified atom stereocenters. The van der Waals surface area contributed by atoms with Crippen LogP contribution in [-0.2, 0) is 14.4 Å². The summed E-state index contributed by atoms with van der Waals surface area (Å²) in [5, 5.41) is 11.3. The summed E-state index contributed by atoms with van der Waals surface area (Å²) in [5.41, 5.74) is 4.88. The second kappa shape index (κ2) is 5.29. The van der Waals surface area contributed by atoms with Gasteiger partial charge in [0.2, 0.25) is 11.8 Å². The summed E-state index contributed by atoms with van der Waals surface area (Å²) in [7, 11) is 0. The third-order valence-electron chi connectivity index (χ3n) is 2.52. The monoisotopic (exact) mass is 226 g/mol. The first-order valence-corrected chi connectivity index (χ1v) is 4.96. The second-order valence-corrected chi connectivity index (χ2v) is 3.68. The van der Waals surface area contributed by atoms with Crippen molar-refractivity contribution in [2.24, 2.45) is 17.6 Å². The first-order valence-electron chi connectivity index (χ1n) is 4.96. The fraction of sp³-hybridized carbons (Fsp3) is 0.500. The molecule has 6 heteroatoms. The van der Waals surface area contributed by atoms with Gasteiger partial charge in [-0.2, -0.15) is 0 Å². The van der Waals surface area contributed by atoms with Crippen LogP contribution in [-0.4, -0.2) is 29.4 Å². The van der Waals surface area contributed by atoms with Crippen LogP contribution in [0.5, 0.6) is 0 Å². The van der Waals surface area contributed by atoms with Crippen LogP contribution in [0.3, 0.4) is 0 Å². The summed E-state index contributed by atoms with van der Waals surface area (Å²) in [6, 6.07) is 0. The second-order valence-electron chi connectivity index (χ2n) is 3.68. The molecule has 88 valence electrons. The lowest BCUT2D eigenvalue weighted by molar-refractivity contribution is -0.147. The minimum absolute atomic E-state index is 0.259. The molecule has 0 bridgehead atoms. The fourth-order valence-corrected chi connectivity index (χ4v) is 1.68. The maximum Gasteiger partial charge on any atom is 0.307 e. The van der Waals surface area contributed by atoms with Gasteiger partial charge in [-0.05, 0) is 12.8 Å². The zero-order chi connectivity index (χ0) is 12.1. The molecular weight excluding hydrogens is 212 g/mol. The van der Waals surface area contributed by atoms with Crippen LogP contribution in [0.2, 0.25) is 0 Å². The number of nitrogens with two attached hydrogens (primary N) is 1. The predicted octanol–water partition coefficient (Wildman–Crippen LogP) is -0.745. The van der Waals surface area contributed by atoms with E-state index in [2.05, 4.69) is 5.32 Å². The van der Waals surface area contributed by atoms with Crippen molar-refractivity contribution in [3.05, 3.63) is 12.2 Å². The summed E-state index contributed by atoms with van der Waals surface area (Å²) < 4.78 is 0. The first kappa shape index (κ1) is 12.2. The third-order valence-corrected chi connectivity index (χ3v) is 2.52. The highest BCUT2D eigenvalue weighted by Gasteiger charge is 2.33. The topological polar surface area (TPSA) is 109 Å². The van der Waals surface area contributed by atoms with Crippen LogP contribution in [0, 0.1) is 11.8 Å². The highest BCUT2D eigenvalue weighted by Crippen LogP contribution is 2.25. The first-order chi connectivity index (χ1) is 7.52. The van der Waals surface area contributed by atoms with Crippen LogP contribution in [0.4, 0.5) is 0 Å². The van der Waals surface area contributed by atoms with Crippen molar-refractivity contribution in [3.63, 3.8) is 0 Å². The van der Waals surface area contributed by atoms with E-state index in [1.165, 1.54) is 0 Å². The Hall–Kier alpha value is -1.85. The molecule has 0 saturated carbocycles. The molecule has 0 fully saturated rings. The molecule has 0 aromatic heterocycles. The molecule has 1 aliphatic rings. The lowest BCUT2D eigenvalue weighted by Gasteiger charge is -2.23. The number of hydrogen-bond donors (Lipinski definition) is 3. The van der Waals surface area contributed by atoms with Gasteiger partial charge in [0, 0.05) is 0 Å². The number of rotatable bonds is 4. The molecule has 2 amide bonds. The van der Waals surface area contributed by atoms with Crippen LogP contribution in [0.25, 0.3) is 0 Å².